The van der Waals surface area contributed by atoms with E-state index in [1.807, 2.05) is 27.7 Å². The number of nitrogens with one attached hydrogen (secondary N) is 4. The molecule has 44 heavy (non-hydrogen) atoms. The van der Waals surface area contributed by atoms with Crippen molar-refractivity contribution in [3.05, 3.63) is 24.3 Å². The average molecular weight is 612 g/mol. The van der Waals surface area contributed by atoms with Crippen LogP contribution in [0.25, 0.3) is 0 Å². The zero-order valence-electron chi connectivity index (χ0n) is 26.4. The van der Waals surface area contributed by atoms with Crippen LogP contribution in [0.15, 0.2) is 18.6 Å². The molecule has 0 aromatic carbocycles. The summed E-state index contributed by atoms with van der Waals surface area (Å²) < 4.78 is 0. The Morgan fingerprint density at radius 3 is 2.32 bits per heavy atom. The third-order valence-corrected chi connectivity index (χ3v) is 9.17. The van der Waals surface area contributed by atoms with Crippen LogP contribution in [-0.4, -0.2) is 86.4 Å². The molecule has 1 saturated carbocycles. The lowest BCUT2D eigenvalue weighted by atomic mass is 9.77. The van der Waals surface area contributed by atoms with E-state index in [0.29, 0.717) is 25.7 Å². The fraction of sp³-hybridized carbons (Fsp3) is 0.677. The van der Waals surface area contributed by atoms with Gasteiger partial charge in [-0.25, -0.2) is 4.98 Å². The van der Waals surface area contributed by atoms with E-state index in [1.54, 1.807) is 18.7 Å². The summed E-state index contributed by atoms with van der Waals surface area (Å²) in [6.07, 6.45) is 7.84. The molecular weight excluding hydrogens is 566 g/mol. The van der Waals surface area contributed by atoms with Crippen LogP contribution in [0, 0.1) is 17.3 Å². The summed E-state index contributed by atoms with van der Waals surface area (Å²) >= 11 is 0. The number of carbonyl (C=O) groups is 6. The Morgan fingerprint density at radius 2 is 1.75 bits per heavy atom. The number of amides is 5. The molecule has 1 aromatic rings. The van der Waals surface area contributed by atoms with Crippen LogP contribution >= 0.6 is 0 Å². The van der Waals surface area contributed by atoms with Gasteiger partial charge in [0, 0.05) is 29.9 Å². The van der Waals surface area contributed by atoms with Crippen molar-refractivity contribution in [2.24, 2.45) is 17.3 Å². The first-order valence-electron chi connectivity index (χ1n) is 15.7. The molecular formula is C31H45N7O6. The SMILES string of the molecule is CCCC(NC(=O)[C@@H]1[C@@H](CC)CC2N1C(=O)C(NC(=O)[C@@H](NC(=O)c1cnccn1)C(C)C)C2(C)C)C(=O)C(=O)NC1CC1. The molecule has 13 nitrogen and oxygen atoms in total. The third-order valence-electron chi connectivity index (χ3n) is 9.17. The van der Waals surface area contributed by atoms with Gasteiger partial charge in [0.05, 0.1) is 12.2 Å². The van der Waals surface area contributed by atoms with Gasteiger partial charge in [-0.15, -0.1) is 0 Å². The molecule has 2 aliphatic heterocycles. The molecule has 13 heteroatoms. The lowest BCUT2D eigenvalue weighted by Gasteiger charge is -2.32. The lowest BCUT2D eigenvalue weighted by molar-refractivity contribution is -0.143. The summed E-state index contributed by atoms with van der Waals surface area (Å²) in [5.41, 5.74) is -0.678. The van der Waals surface area contributed by atoms with Crippen LogP contribution in [0.5, 0.6) is 0 Å². The van der Waals surface area contributed by atoms with Gasteiger partial charge in [-0.1, -0.05) is 54.4 Å². The standard InChI is InChI=1S/C31H45N7O6/c1-7-9-19(24(39)29(43)34-18-10-11-18)35-28(42)23-17(8-2)14-21-31(5,6)25(30(44)38(21)23)37-27(41)22(16(3)4)36-26(40)20-15-32-12-13-33-20/h12-13,15-19,21-23,25H,7-11,14H2,1-6H3,(H,34,43)(H,35,42)(H,36,40)(H,37,41)/t17-,19?,21?,22-,23-,25?/m0/s1. The minimum absolute atomic E-state index is 0.0108. The topological polar surface area (TPSA) is 180 Å². The van der Waals surface area contributed by atoms with Crippen molar-refractivity contribution in [1.29, 1.82) is 0 Å². The number of carbonyl (C=O) groups excluding carboxylic acids is 6. The van der Waals surface area contributed by atoms with Crippen LogP contribution in [0.4, 0.5) is 0 Å². The maximum absolute atomic E-state index is 14.0. The van der Waals surface area contributed by atoms with Crippen molar-refractivity contribution in [1.82, 2.24) is 36.1 Å². The summed E-state index contributed by atoms with van der Waals surface area (Å²) in [6.45, 7) is 11.2. The molecule has 0 radical (unpaired) electrons. The number of rotatable bonds is 13. The minimum atomic E-state index is -0.992. The maximum Gasteiger partial charge on any atom is 0.289 e. The van der Waals surface area contributed by atoms with Crippen molar-refractivity contribution < 1.29 is 28.8 Å². The summed E-state index contributed by atoms with van der Waals surface area (Å²) in [7, 11) is 0. The molecule has 2 saturated heterocycles. The Hall–Kier alpha value is -3.90. The first-order chi connectivity index (χ1) is 20.8. The number of hydrogen-bond donors (Lipinski definition) is 4. The third kappa shape index (κ3) is 6.76. The quantitative estimate of drug-likeness (QED) is 0.237. The Kier molecular flexibility index (Phi) is 10.0. The second-order valence-corrected chi connectivity index (χ2v) is 13.1. The first-order valence-corrected chi connectivity index (χ1v) is 15.7. The molecule has 0 bridgehead atoms. The summed E-state index contributed by atoms with van der Waals surface area (Å²) in [5.74, 6) is -3.79. The highest BCUT2D eigenvalue weighted by Gasteiger charge is 2.62. The van der Waals surface area contributed by atoms with Crippen molar-refractivity contribution in [2.45, 2.75) is 116 Å². The molecule has 5 amide bonds. The molecule has 1 aliphatic carbocycles. The fourth-order valence-electron chi connectivity index (χ4n) is 6.40. The molecule has 240 valence electrons. The Labute approximate surface area is 258 Å². The van der Waals surface area contributed by atoms with Crippen LogP contribution in [0.3, 0.4) is 0 Å². The monoisotopic (exact) mass is 611 g/mol. The van der Waals surface area contributed by atoms with E-state index in [1.165, 1.54) is 18.6 Å². The Morgan fingerprint density at radius 1 is 1.05 bits per heavy atom. The van der Waals surface area contributed by atoms with Crippen molar-refractivity contribution in [2.75, 3.05) is 0 Å². The zero-order valence-corrected chi connectivity index (χ0v) is 26.4. The smallest absolute Gasteiger partial charge is 0.289 e. The van der Waals surface area contributed by atoms with Crippen LogP contribution < -0.4 is 21.3 Å². The van der Waals surface area contributed by atoms with Gasteiger partial charge < -0.3 is 26.2 Å². The van der Waals surface area contributed by atoms with Gasteiger partial charge in [0.25, 0.3) is 11.8 Å². The van der Waals surface area contributed by atoms with Gasteiger partial charge in [-0.2, -0.15) is 0 Å². The number of aromatic nitrogens is 2. The number of fused-ring (bicyclic) bond motifs is 1. The maximum atomic E-state index is 14.0. The Balaban J connectivity index is 1.51. The van der Waals surface area contributed by atoms with Crippen LogP contribution in [0.1, 0.15) is 90.6 Å². The van der Waals surface area contributed by atoms with Crippen molar-refractivity contribution in [3.63, 3.8) is 0 Å². The number of ketones is 1. The van der Waals surface area contributed by atoms with Gasteiger partial charge in [-0.05, 0) is 37.5 Å². The number of hydrogen-bond acceptors (Lipinski definition) is 8. The fourth-order valence-corrected chi connectivity index (χ4v) is 6.40. The molecule has 4 N–H and O–H groups in total. The summed E-state index contributed by atoms with van der Waals surface area (Å²) in [4.78, 5) is 89.0. The second kappa shape index (κ2) is 13.4. The van der Waals surface area contributed by atoms with E-state index >= 15 is 0 Å². The first kappa shape index (κ1) is 33.0. The lowest BCUT2D eigenvalue weighted by Crippen LogP contribution is -2.58. The summed E-state index contributed by atoms with van der Waals surface area (Å²) in [5, 5.41) is 11.1. The molecule has 3 fully saturated rings. The van der Waals surface area contributed by atoms with Crippen molar-refractivity contribution >= 4 is 35.3 Å². The molecule has 3 heterocycles. The van der Waals surface area contributed by atoms with E-state index in [2.05, 4.69) is 31.2 Å². The number of Topliss-reactive ketones (excluding diaryl/α,β-unsaturated/α-hetero) is 1. The molecule has 3 unspecified atom stereocenters. The van der Waals surface area contributed by atoms with Gasteiger partial charge >= 0.3 is 0 Å². The molecule has 3 aliphatic rings. The van der Waals surface area contributed by atoms with Crippen LogP contribution in [-0.2, 0) is 24.0 Å². The normalized spacial score (nSPS) is 25.2. The highest BCUT2D eigenvalue weighted by Crippen LogP contribution is 2.48. The molecule has 4 rings (SSSR count). The Bertz CT molecular complexity index is 1280. The predicted molar refractivity (Wildman–Crippen MR) is 160 cm³/mol. The molecule has 6 atom stereocenters. The molecule has 1 aromatic heterocycles. The average Bonchev–Trinajstić information content (AvgIpc) is 3.68. The zero-order chi connectivity index (χ0) is 32.3. The van der Waals surface area contributed by atoms with E-state index in [4.69, 9.17) is 0 Å². The predicted octanol–water partition coefficient (Wildman–Crippen LogP) is 0.884. The van der Waals surface area contributed by atoms with Gasteiger partial charge in [0.15, 0.2) is 0 Å². The van der Waals surface area contributed by atoms with Crippen LogP contribution in [0.2, 0.25) is 0 Å². The van der Waals surface area contributed by atoms with E-state index < -0.39 is 64.9 Å². The van der Waals surface area contributed by atoms with Crippen molar-refractivity contribution in [3.8, 4) is 0 Å². The highest BCUT2D eigenvalue weighted by atomic mass is 16.2. The summed E-state index contributed by atoms with van der Waals surface area (Å²) in [6, 6.07) is -4.07. The van der Waals surface area contributed by atoms with E-state index in [-0.39, 0.29) is 29.6 Å². The largest absolute Gasteiger partial charge is 0.347 e. The number of nitrogens with zero attached hydrogens (tertiary/aromatic N) is 3. The van der Waals surface area contributed by atoms with Gasteiger partial charge in [0.2, 0.25) is 23.5 Å². The second-order valence-electron chi connectivity index (χ2n) is 13.1. The highest BCUT2D eigenvalue weighted by molar-refractivity contribution is 6.38. The molecule has 0 spiro atoms. The van der Waals surface area contributed by atoms with E-state index in [9.17, 15) is 28.8 Å². The minimum Gasteiger partial charge on any atom is -0.347 e. The van der Waals surface area contributed by atoms with Gasteiger partial charge in [0.1, 0.15) is 23.8 Å². The van der Waals surface area contributed by atoms with E-state index in [0.717, 1.165) is 12.8 Å². The van der Waals surface area contributed by atoms with Gasteiger partial charge in [-0.3, -0.25) is 33.8 Å².